The Morgan fingerprint density at radius 2 is 1.90 bits per heavy atom. The van der Waals surface area contributed by atoms with E-state index in [9.17, 15) is 14.4 Å². The highest BCUT2D eigenvalue weighted by Gasteiger charge is 2.20. The lowest BCUT2D eigenvalue weighted by Crippen LogP contribution is -2.42. The molecule has 0 aromatic heterocycles. The molecule has 0 saturated carbocycles. The largest absolute Gasteiger partial charge is 0.480 e. The van der Waals surface area contributed by atoms with Gasteiger partial charge < -0.3 is 16.2 Å². The van der Waals surface area contributed by atoms with Gasteiger partial charge in [-0.1, -0.05) is 17.7 Å². The van der Waals surface area contributed by atoms with Crippen LogP contribution in [-0.2, 0) is 14.4 Å². The second kappa shape index (κ2) is 8.31. The van der Waals surface area contributed by atoms with Gasteiger partial charge in [-0.2, -0.15) is 0 Å². The number of hydrogen-bond acceptors (Lipinski definition) is 4. The zero-order valence-corrected chi connectivity index (χ0v) is 12.5. The molecule has 21 heavy (non-hydrogen) atoms. The Morgan fingerprint density at radius 1 is 1.29 bits per heavy atom. The number of thioether (sulfide) groups is 1. The van der Waals surface area contributed by atoms with Gasteiger partial charge in [0.1, 0.15) is 6.04 Å². The first-order valence-corrected chi connectivity index (χ1v) is 7.37. The van der Waals surface area contributed by atoms with Crippen molar-refractivity contribution in [3.63, 3.8) is 0 Å². The van der Waals surface area contributed by atoms with Crippen LogP contribution < -0.4 is 11.1 Å². The minimum atomic E-state index is -1.18. The van der Waals surface area contributed by atoms with Crippen LogP contribution in [0.1, 0.15) is 18.4 Å². The highest BCUT2D eigenvalue weighted by Crippen LogP contribution is 2.17. The van der Waals surface area contributed by atoms with Crippen molar-refractivity contribution < 1.29 is 19.5 Å². The summed E-state index contributed by atoms with van der Waals surface area (Å²) in [6.45, 7) is 1.97. The SMILES string of the molecule is Cc1ccc(SCC(=O)N[C@H](CCC(N)=O)C(=O)O)cc1. The third kappa shape index (κ3) is 6.80. The number of rotatable bonds is 8. The molecule has 2 amide bonds. The fraction of sp³-hybridized carbons (Fsp3) is 0.357. The predicted molar refractivity (Wildman–Crippen MR) is 79.9 cm³/mol. The molecule has 7 heteroatoms. The summed E-state index contributed by atoms with van der Waals surface area (Å²) in [7, 11) is 0. The number of carbonyl (C=O) groups is 3. The minimum Gasteiger partial charge on any atom is -0.480 e. The Bertz CT molecular complexity index is 516. The van der Waals surface area contributed by atoms with E-state index in [1.807, 2.05) is 31.2 Å². The first-order chi connectivity index (χ1) is 9.88. The molecule has 0 bridgehead atoms. The van der Waals surface area contributed by atoms with Gasteiger partial charge in [0, 0.05) is 11.3 Å². The smallest absolute Gasteiger partial charge is 0.326 e. The number of nitrogens with one attached hydrogen (secondary N) is 1. The molecule has 0 heterocycles. The van der Waals surface area contributed by atoms with Gasteiger partial charge in [-0.05, 0) is 25.5 Å². The molecule has 0 spiro atoms. The maximum Gasteiger partial charge on any atom is 0.326 e. The van der Waals surface area contributed by atoms with E-state index >= 15 is 0 Å². The third-order valence-electron chi connectivity index (χ3n) is 2.70. The van der Waals surface area contributed by atoms with Crippen molar-refractivity contribution in [2.75, 3.05) is 5.75 Å². The Kier molecular flexibility index (Phi) is 6.74. The van der Waals surface area contributed by atoms with Gasteiger partial charge in [0.05, 0.1) is 5.75 Å². The number of amides is 2. The van der Waals surface area contributed by atoms with Crippen molar-refractivity contribution in [2.24, 2.45) is 5.73 Å². The summed E-state index contributed by atoms with van der Waals surface area (Å²) in [4.78, 5) is 34.3. The van der Waals surface area contributed by atoms with Crippen molar-refractivity contribution in [3.8, 4) is 0 Å². The minimum absolute atomic E-state index is 0.00833. The highest BCUT2D eigenvalue weighted by atomic mass is 32.2. The lowest BCUT2D eigenvalue weighted by molar-refractivity contribution is -0.141. The third-order valence-corrected chi connectivity index (χ3v) is 3.72. The van der Waals surface area contributed by atoms with Gasteiger partial charge in [-0.3, -0.25) is 9.59 Å². The molecule has 6 nitrogen and oxygen atoms in total. The van der Waals surface area contributed by atoms with E-state index in [-0.39, 0.29) is 18.6 Å². The fourth-order valence-electron chi connectivity index (χ4n) is 1.56. The molecular weight excluding hydrogens is 292 g/mol. The van der Waals surface area contributed by atoms with Crippen LogP contribution in [0.3, 0.4) is 0 Å². The number of hydrogen-bond donors (Lipinski definition) is 3. The van der Waals surface area contributed by atoms with Gasteiger partial charge in [-0.25, -0.2) is 4.79 Å². The number of carboxylic acids is 1. The van der Waals surface area contributed by atoms with Crippen molar-refractivity contribution in [3.05, 3.63) is 29.8 Å². The topological polar surface area (TPSA) is 109 Å². The normalized spacial score (nSPS) is 11.7. The number of aryl methyl sites for hydroxylation is 1. The number of benzene rings is 1. The molecule has 1 atom stereocenters. The van der Waals surface area contributed by atoms with Crippen LogP contribution in [0.15, 0.2) is 29.2 Å². The monoisotopic (exact) mass is 310 g/mol. The molecule has 0 aliphatic heterocycles. The van der Waals surface area contributed by atoms with Gasteiger partial charge >= 0.3 is 5.97 Å². The Morgan fingerprint density at radius 3 is 2.43 bits per heavy atom. The van der Waals surface area contributed by atoms with Crippen molar-refractivity contribution >= 4 is 29.5 Å². The molecule has 1 rings (SSSR count). The van der Waals surface area contributed by atoms with Gasteiger partial charge in [-0.15, -0.1) is 11.8 Å². The van der Waals surface area contributed by atoms with Crippen molar-refractivity contribution in [1.82, 2.24) is 5.32 Å². The lowest BCUT2D eigenvalue weighted by Gasteiger charge is -2.13. The van der Waals surface area contributed by atoms with Gasteiger partial charge in [0.2, 0.25) is 11.8 Å². The molecule has 0 fully saturated rings. The molecule has 1 aromatic rings. The summed E-state index contributed by atoms with van der Waals surface area (Å²) in [5.41, 5.74) is 6.10. The molecule has 1 aromatic carbocycles. The summed E-state index contributed by atoms with van der Waals surface area (Å²) < 4.78 is 0. The molecule has 0 aliphatic rings. The summed E-state index contributed by atoms with van der Waals surface area (Å²) in [5.74, 6) is -2.05. The number of nitrogens with two attached hydrogens (primary N) is 1. The van der Waals surface area contributed by atoms with Crippen LogP contribution in [0.25, 0.3) is 0 Å². The first kappa shape index (κ1) is 17.0. The van der Waals surface area contributed by atoms with Crippen LogP contribution in [-0.4, -0.2) is 34.7 Å². The van der Waals surface area contributed by atoms with Gasteiger partial charge in [0.15, 0.2) is 0 Å². The Hall–Kier alpha value is -2.02. The predicted octanol–water partition coefficient (Wildman–Crippen LogP) is 0.922. The maximum atomic E-state index is 11.7. The number of carbonyl (C=O) groups excluding carboxylic acids is 2. The molecule has 0 radical (unpaired) electrons. The molecular formula is C14H18N2O4S. The maximum absolute atomic E-state index is 11.7. The molecule has 114 valence electrons. The van der Waals surface area contributed by atoms with Crippen LogP contribution in [0, 0.1) is 6.92 Å². The lowest BCUT2D eigenvalue weighted by atomic mass is 10.1. The van der Waals surface area contributed by atoms with Gasteiger partial charge in [0.25, 0.3) is 0 Å². The summed E-state index contributed by atoms with van der Waals surface area (Å²) >= 11 is 1.32. The molecule has 0 unspecified atom stereocenters. The van der Waals surface area contributed by atoms with E-state index in [4.69, 9.17) is 10.8 Å². The number of primary amides is 1. The number of carboxylic acid groups (broad SMARTS) is 1. The quantitative estimate of drug-likeness (QED) is 0.619. The van der Waals surface area contributed by atoms with E-state index in [0.717, 1.165) is 10.5 Å². The second-order valence-electron chi connectivity index (χ2n) is 4.57. The molecule has 0 saturated heterocycles. The van der Waals surface area contributed by atoms with Crippen LogP contribution >= 0.6 is 11.8 Å². The Labute approximate surface area is 127 Å². The standard InChI is InChI=1S/C14H18N2O4S/c1-9-2-4-10(5-3-9)21-8-13(18)16-11(14(19)20)6-7-12(15)17/h2-5,11H,6-8H2,1H3,(H2,15,17)(H,16,18)(H,19,20)/t11-/m1/s1. The van der Waals surface area contributed by atoms with E-state index < -0.39 is 23.8 Å². The molecule has 0 aliphatic carbocycles. The fourth-order valence-corrected chi connectivity index (χ4v) is 2.27. The Balaban J connectivity index is 2.44. The second-order valence-corrected chi connectivity index (χ2v) is 5.61. The van der Waals surface area contributed by atoms with Crippen LogP contribution in [0.4, 0.5) is 0 Å². The summed E-state index contributed by atoms with van der Waals surface area (Å²) in [6.07, 6.45) is -0.0893. The van der Waals surface area contributed by atoms with Crippen LogP contribution in [0.5, 0.6) is 0 Å². The average Bonchev–Trinajstić information content (AvgIpc) is 2.42. The van der Waals surface area contributed by atoms with Crippen LogP contribution in [0.2, 0.25) is 0 Å². The first-order valence-electron chi connectivity index (χ1n) is 6.38. The molecule has 4 N–H and O–H groups in total. The van der Waals surface area contributed by atoms with Crippen molar-refractivity contribution in [1.29, 1.82) is 0 Å². The summed E-state index contributed by atoms with van der Waals surface area (Å²) in [5, 5.41) is 11.4. The van der Waals surface area contributed by atoms with Crippen molar-refractivity contribution in [2.45, 2.75) is 30.7 Å². The summed E-state index contributed by atoms with van der Waals surface area (Å²) in [6, 6.07) is 6.58. The highest BCUT2D eigenvalue weighted by molar-refractivity contribution is 8.00. The zero-order valence-electron chi connectivity index (χ0n) is 11.7. The average molecular weight is 310 g/mol. The zero-order chi connectivity index (χ0) is 15.8. The van der Waals surface area contributed by atoms with E-state index in [1.165, 1.54) is 11.8 Å². The van der Waals surface area contributed by atoms with E-state index in [0.29, 0.717) is 0 Å². The number of aliphatic carboxylic acids is 1. The van der Waals surface area contributed by atoms with E-state index in [1.54, 1.807) is 0 Å². The van der Waals surface area contributed by atoms with E-state index in [2.05, 4.69) is 5.32 Å².